The van der Waals surface area contributed by atoms with Gasteiger partial charge in [0, 0.05) is 23.1 Å². The summed E-state index contributed by atoms with van der Waals surface area (Å²) in [4.78, 5) is 20.8. The van der Waals surface area contributed by atoms with E-state index in [1.165, 1.54) is 22.7 Å². The molecular weight excluding hydrogens is 516 g/mol. The molecule has 0 bridgehead atoms. The number of hydrogen-bond acceptors (Lipinski definition) is 10. The molecule has 0 aliphatic carbocycles. The highest BCUT2D eigenvalue weighted by molar-refractivity contribution is 7.18. The van der Waals surface area contributed by atoms with E-state index in [0.29, 0.717) is 38.7 Å². The summed E-state index contributed by atoms with van der Waals surface area (Å²) in [6.45, 7) is 0.229. The Labute approximate surface area is 217 Å². The summed E-state index contributed by atoms with van der Waals surface area (Å²) in [6.07, 6.45) is 1.70. The maximum atomic E-state index is 11.1. The van der Waals surface area contributed by atoms with Crippen molar-refractivity contribution in [1.29, 1.82) is 0 Å². The maximum Gasteiger partial charge on any atom is 0.335 e. The van der Waals surface area contributed by atoms with Crippen LogP contribution in [-0.2, 0) is 6.61 Å². The first-order valence-electron chi connectivity index (χ1n) is 10.9. The van der Waals surface area contributed by atoms with Crippen LogP contribution in [0.25, 0.3) is 38.0 Å². The Hall–Kier alpha value is -4.42. The van der Waals surface area contributed by atoms with Crippen LogP contribution in [0.1, 0.15) is 16.1 Å². The van der Waals surface area contributed by atoms with Gasteiger partial charge in [0.1, 0.15) is 34.4 Å². The molecule has 4 aromatic heterocycles. The first-order valence-corrected chi connectivity index (χ1v) is 12.6. The van der Waals surface area contributed by atoms with Crippen molar-refractivity contribution in [3.63, 3.8) is 0 Å². The Morgan fingerprint density at radius 3 is 2.73 bits per heavy atom. The third-order valence-electron chi connectivity index (χ3n) is 5.61. The number of ether oxygens (including phenoxy) is 3. The van der Waals surface area contributed by atoms with Crippen molar-refractivity contribution in [2.24, 2.45) is 0 Å². The second-order valence-corrected chi connectivity index (χ2v) is 9.65. The number of rotatable bonds is 8. The molecule has 37 heavy (non-hydrogen) atoms. The SMILES string of the molecule is COc1cc(OCc2csc(-c3ccc(C(=O)O)cc3)n2)c2cc(-c3cnc4sc(OC)nn34)oc2c1. The number of carboxylic acids is 1. The van der Waals surface area contributed by atoms with E-state index in [-0.39, 0.29) is 12.2 Å². The number of imidazole rings is 1. The summed E-state index contributed by atoms with van der Waals surface area (Å²) >= 11 is 2.80. The lowest BCUT2D eigenvalue weighted by atomic mass is 10.1. The number of carbonyl (C=O) groups is 1. The highest BCUT2D eigenvalue weighted by Crippen LogP contribution is 2.38. The second kappa shape index (κ2) is 9.22. The zero-order valence-corrected chi connectivity index (χ0v) is 21.1. The molecule has 12 heteroatoms. The molecule has 0 radical (unpaired) electrons. The molecule has 0 aliphatic heterocycles. The van der Waals surface area contributed by atoms with Crippen LogP contribution >= 0.6 is 22.7 Å². The highest BCUT2D eigenvalue weighted by atomic mass is 32.1. The molecule has 4 heterocycles. The van der Waals surface area contributed by atoms with Gasteiger partial charge in [-0.15, -0.1) is 16.4 Å². The molecule has 0 aliphatic rings. The molecule has 0 fully saturated rings. The van der Waals surface area contributed by atoms with Crippen molar-refractivity contribution in [3.8, 4) is 38.7 Å². The van der Waals surface area contributed by atoms with E-state index in [1.54, 1.807) is 61.3 Å². The largest absolute Gasteiger partial charge is 0.496 e. The van der Waals surface area contributed by atoms with Crippen molar-refractivity contribution in [2.45, 2.75) is 6.61 Å². The number of aromatic nitrogens is 4. The number of fused-ring (bicyclic) bond motifs is 2. The zero-order valence-electron chi connectivity index (χ0n) is 19.5. The molecule has 0 unspecified atom stereocenters. The Kier molecular flexibility index (Phi) is 5.74. The standard InChI is InChI=1S/C25H18N4O6S2/c1-32-16-7-19(34-11-15-12-36-22(27-15)13-3-5-14(6-4-13)23(30)31)17-9-21(35-20(17)8-16)18-10-26-24-29(18)28-25(33-2)37-24/h3-10,12H,11H2,1-2H3,(H,30,31). The van der Waals surface area contributed by atoms with E-state index in [9.17, 15) is 4.79 Å². The van der Waals surface area contributed by atoms with E-state index in [2.05, 4.69) is 15.1 Å². The van der Waals surface area contributed by atoms with Crippen LogP contribution in [0.4, 0.5) is 0 Å². The van der Waals surface area contributed by atoms with Crippen LogP contribution in [0.5, 0.6) is 16.7 Å². The summed E-state index contributed by atoms with van der Waals surface area (Å²) in [5.41, 5.74) is 3.10. The Bertz CT molecular complexity index is 1750. The van der Waals surface area contributed by atoms with Crippen molar-refractivity contribution in [2.75, 3.05) is 14.2 Å². The van der Waals surface area contributed by atoms with E-state index in [0.717, 1.165) is 21.7 Å². The summed E-state index contributed by atoms with van der Waals surface area (Å²) in [5, 5.41) is 17.5. The fraction of sp³-hybridized carbons (Fsp3) is 0.120. The van der Waals surface area contributed by atoms with Gasteiger partial charge in [0.25, 0.3) is 5.19 Å². The molecule has 1 N–H and O–H groups in total. The predicted molar refractivity (Wildman–Crippen MR) is 138 cm³/mol. The molecular formula is C25H18N4O6S2. The topological polar surface area (TPSA) is 121 Å². The number of thiazole rings is 1. The monoisotopic (exact) mass is 534 g/mol. The highest BCUT2D eigenvalue weighted by Gasteiger charge is 2.19. The van der Waals surface area contributed by atoms with Crippen molar-refractivity contribution < 1.29 is 28.5 Å². The quantitative estimate of drug-likeness (QED) is 0.265. The van der Waals surface area contributed by atoms with Gasteiger partial charge < -0.3 is 23.7 Å². The first kappa shape index (κ1) is 23.0. The normalized spacial score (nSPS) is 11.3. The van der Waals surface area contributed by atoms with Gasteiger partial charge in [-0.3, -0.25) is 0 Å². The van der Waals surface area contributed by atoms with Gasteiger partial charge in [-0.2, -0.15) is 4.52 Å². The van der Waals surface area contributed by atoms with E-state index in [4.69, 9.17) is 23.7 Å². The van der Waals surface area contributed by atoms with Crippen LogP contribution in [0, 0.1) is 0 Å². The summed E-state index contributed by atoms with van der Waals surface area (Å²) in [6, 6.07) is 12.1. The summed E-state index contributed by atoms with van der Waals surface area (Å²) in [5.74, 6) is 0.793. The fourth-order valence-corrected chi connectivity index (χ4v) is 5.29. The lowest BCUT2D eigenvalue weighted by Gasteiger charge is -2.08. The molecule has 0 atom stereocenters. The number of benzene rings is 2. The third-order valence-corrected chi connectivity index (χ3v) is 7.43. The van der Waals surface area contributed by atoms with Gasteiger partial charge in [0.2, 0.25) is 4.96 Å². The maximum absolute atomic E-state index is 11.1. The number of methoxy groups -OCH3 is 2. The minimum absolute atomic E-state index is 0.229. The number of carboxylic acid groups (broad SMARTS) is 1. The molecule has 0 saturated heterocycles. The number of furan rings is 1. The van der Waals surface area contributed by atoms with Crippen LogP contribution < -0.4 is 14.2 Å². The van der Waals surface area contributed by atoms with Gasteiger partial charge in [-0.25, -0.2) is 14.8 Å². The van der Waals surface area contributed by atoms with Crippen molar-refractivity contribution in [1.82, 2.24) is 19.6 Å². The van der Waals surface area contributed by atoms with Gasteiger partial charge in [-0.1, -0.05) is 12.1 Å². The van der Waals surface area contributed by atoms with E-state index in [1.807, 2.05) is 11.4 Å². The average molecular weight is 535 g/mol. The molecule has 6 aromatic rings. The van der Waals surface area contributed by atoms with Crippen molar-refractivity contribution >= 4 is 44.6 Å². The van der Waals surface area contributed by atoms with Crippen LogP contribution in [-0.4, -0.2) is 44.9 Å². The van der Waals surface area contributed by atoms with Gasteiger partial charge in [0.15, 0.2) is 5.76 Å². The number of aromatic carboxylic acids is 1. The first-order chi connectivity index (χ1) is 18.0. The smallest absolute Gasteiger partial charge is 0.335 e. The molecule has 0 saturated carbocycles. The molecule has 2 aromatic carbocycles. The van der Waals surface area contributed by atoms with Crippen molar-refractivity contribution in [3.05, 3.63) is 65.3 Å². The minimum atomic E-state index is -0.962. The van der Waals surface area contributed by atoms with Gasteiger partial charge in [0.05, 0.1) is 37.1 Å². The Balaban J connectivity index is 1.28. The van der Waals surface area contributed by atoms with Gasteiger partial charge >= 0.3 is 5.97 Å². The molecule has 186 valence electrons. The predicted octanol–water partition coefficient (Wildman–Crippen LogP) is 5.62. The average Bonchev–Trinajstić information content (AvgIpc) is 3.70. The number of nitrogens with zero attached hydrogens (tertiary/aromatic N) is 4. The fourth-order valence-electron chi connectivity index (χ4n) is 3.78. The summed E-state index contributed by atoms with van der Waals surface area (Å²) < 4.78 is 24.6. The molecule has 0 amide bonds. The molecule has 10 nitrogen and oxygen atoms in total. The Morgan fingerprint density at radius 2 is 1.97 bits per heavy atom. The minimum Gasteiger partial charge on any atom is -0.496 e. The second-order valence-electron chi connectivity index (χ2n) is 7.87. The molecule has 6 rings (SSSR count). The third kappa shape index (κ3) is 4.26. The van der Waals surface area contributed by atoms with E-state index >= 15 is 0 Å². The zero-order chi connectivity index (χ0) is 25.5. The van der Waals surface area contributed by atoms with Crippen LogP contribution in [0.3, 0.4) is 0 Å². The Morgan fingerprint density at radius 1 is 1.14 bits per heavy atom. The molecule has 0 spiro atoms. The van der Waals surface area contributed by atoms with Crippen LogP contribution in [0.15, 0.2) is 58.5 Å². The lowest BCUT2D eigenvalue weighted by Crippen LogP contribution is -1.97. The summed E-state index contributed by atoms with van der Waals surface area (Å²) in [7, 11) is 3.15. The van der Waals surface area contributed by atoms with Gasteiger partial charge in [-0.05, 0) is 29.5 Å². The lowest BCUT2D eigenvalue weighted by molar-refractivity contribution is 0.0697. The van der Waals surface area contributed by atoms with Crippen LogP contribution in [0.2, 0.25) is 0 Å². The van der Waals surface area contributed by atoms with E-state index < -0.39 is 5.97 Å². The number of hydrogen-bond donors (Lipinski definition) is 1.